The molecule has 84 valence electrons. The Hall–Kier alpha value is -1.02. The third-order valence-corrected chi connectivity index (χ3v) is 2.73. The lowest BCUT2D eigenvalue weighted by atomic mass is 10.0. The molecular formula is C13H21NO. The van der Waals surface area contributed by atoms with Crippen LogP contribution in [0.15, 0.2) is 18.2 Å². The average Bonchev–Trinajstić information content (AvgIpc) is 2.26. The van der Waals surface area contributed by atoms with Crippen LogP contribution >= 0.6 is 0 Å². The second kappa shape index (κ2) is 5.76. The highest BCUT2D eigenvalue weighted by Crippen LogP contribution is 2.24. The fraction of sp³-hybridized carbons (Fsp3) is 0.538. The van der Waals surface area contributed by atoms with E-state index in [1.165, 1.54) is 18.4 Å². The van der Waals surface area contributed by atoms with Crippen LogP contribution in [0.25, 0.3) is 0 Å². The summed E-state index contributed by atoms with van der Waals surface area (Å²) in [5.74, 6) is 0.930. The van der Waals surface area contributed by atoms with Gasteiger partial charge in [-0.2, -0.15) is 0 Å². The number of rotatable bonds is 5. The number of unbranched alkanes of at least 4 members (excludes halogenated alkanes) is 1. The number of hydrogen-bond acceptors (Lipinski definition) is 2. The number of aryl methyl sites for hydroxylation is 1. The number of ether oxygens (including phenoxy) is 1. The predicted molar refractivity (Wildman–Crippen MR) is 64.2 cm³/mol. The maximum Gasteiger partial charge on any atom is 0.122 e. The molecular weight excluding hydrogens is 186 g/mol. The molecule has 0 radical (unpaired) electrons. The molecule has 0 unspecified atom stereocenters. The summed E-state index contributed by atoms with van der Waals surface area (Å²) in [7, 11) is 1.70. The summed E-state index contributed by atoms with van der Waals surface area (Å²) >= 11 is 0. The molecule has 0 spiro atoms. The second-order valence-electron chi connectivity index (χ2n) is 3.98. The third-order valence-electron chi connectivity index (χ3n) is 2.73. The maximum atomic E-state index is 6.10. The van der Waals surface area contributed by atoms with Gasteiger partial charge >= 0.3 is 0 Å². The van der Waals surface area contributed by atoms with Gasteiger partial charge in [-0.05, 0) is 30.5 Å². The molecule has 0 amide bonds. The average molecular weight is 207 g/mol. The SMILES string of the molecule is CCCC[C@H](N)c1ccc(C)c(OC)c1. The molecule has 2 nitrogen and oxygen atoms in total. The molecule has 0 saturated carbocycles. The summed E-state index contributed by atoms with van der Waals surface area (Å²) in [6.07, 6.45) is 3.41. The molecule has 1 rings (SSSR count). The largest absolute Gasteiger partial charge is 0.496 e. The van der Waals surface area contributed by atoms with Crippen molar-refractivity contribution < 1.29 is 4.74 Å². The van der Waals surface area contributed by atoms with E-state index in [0.717, 1.165) is 17.7 Å². The van der Waals surface area contributed by atoms with Crippen LogP contribution in [0, 0.1) is 6.92 Å². The van der Waals surface area contributed by atoms with E-state index in [0.29, 0.717) is 0 Å². The summed E-state index contributed by atoms with van der Waals surface area (Å²) in [5.41, 5.74) is 8.43. The highest BCUT2D eigenvalue weighted by atomic mass is 16.5. The molecule has 2 N–H and O–H groups in total. The van der Waals surface area contributed by atoms with Crippen LogP contribution in [0.2, 0.25) is 0 Å². The lowest BCUT2D eigenvalue weighted by Crippen LogP contribution is -2.10. The quantitative estimate of drug-likeness (QED) is 0.804. The van der Waals surface area contributed by atoms with Crippen LogP contribution < -0.4 is 10.5 Å². The van der Waals surface area contributed by atoms with Crippen molar-refractivity contribution in [3.63, 3.8) is 0 Å². The Balaban J connectivity index is 2.76. The fourth-order valence-electron chi connectivity index (χ4n) is 1.66. The van der Waals surface area contributed by atoms with Crippen LogP contribution in [0.5, 0.6) is 5.75 Å². The molecule has 0 heterocycles. The van der Waals surface area contributed by atoms with Crippen LogP contribution in [-0.2, 0) is 0 Å². The van der Waals surface area contributed by atoms with Crippen LogP contribution in [-0.4, -0.2) is 7.11 Å². The molecule has 0 fully saturated rings. The number of benzene rings is 1. The van der Waals surface area contributed by atoms with Crippen molar-refractivity contribution in [3.8, 4) is 5.75 Å². The van der Waals surface area contributed by atoms with Gasteiger partial charge in [0.2, 0.25) is 0 Å². The monoisotopic (exact) mass is 207 g/mol. The number of nitrogens with two attached hydrogens (primary N) is 1. The molecule has 1 aromatic carbocycles. The Bertz CT molecular complexity index is 309. The molecule has 0 saturated heterocycles. The van der Waals surface area contributed by atoms with E-state index in [2.05, 4.69) is 25.1 Å². The van der Waals surface area contributed by atoms with Crippen molar-refractivity contribution in [1.29, 1.82) is 0 Å². The minimum absolute atomic E-state index is 0.138. The number of hydrogen-bond donors (Lipinski definition) is 1. The van der Waals surface area contributed by atoms with Crippen molar-refractivity contribution in [2.24, 2.45) is 5.73 Å². The van der Waals surface area contributed by atoms with Gasteiger partial charge < -0.3 is 10.5 Å². The van der Waals surface area contributed by atoms with Gasteiger partial charge in [0.1, 0.15) is 5.75 Å². The van der Waals surface area contributed by atoms with Gasteiger partial charge in [-0.25, -0.2) is 0 Å². The highest BCUT2D eigenvalue weighted by Gasteiger charge is 2.07. The molecule has 1 aromatic rings. The summed E-state index contributed by atoms with van der Waals surface area (Å²) in [6.45, 7) is 4.22. The second-order valence-corrected chi connectivity index (χ2v) is 3.98. The Morgan fingerprint density at radius 3 is 2.73 bits per heavy atom. The van der Waals surface area contributed by atoms with E-state index < -0.39 is 0 Å². The van der Waals surface area contributed by atoms with Crippen molar-refractivity contribution in [1.82, 2.24) is 0 Å². The van der Waals surface area contributed by atoms with E-state index in [9.17, 15) is 0 Å². The van der Waals surface area contributed by atoms with Gasteiger partial charge in [-0.3, -0.25) is 0 Å². The first-order valence-corrected chi connectivity index (χ1v) is 5.59. The standard InChI is InChI=1S/C13H21NO/c1-4-5-6-12(14)11-8-7-10(2)13(9-11)15-3/h7-9,12H,4-6,14H2,1-3H3/t12-/m0/s1. The molecule has 0 aliphatic heterocycles. The Morgan fingerprint density at radius 2 is 2.13 bits per heavy atom. The Labute approximate surface area is 92.4 Å². The molecule has 0 bridgehead atoms. The molecule has 0 aromatic heterocycles. The topological polar surface area (TPSA) is 35.2 Å². The van der Waals surface area contributed by atoms with Gasteiger partial charge in [-0.1, -0.05) is 31.9 Å². The Morgan fingerprint density at radius 1 is 1.40 bits per heavy atom. The molecule has 2 heteroatoms. The summed E-state index contributed by atoms with van der Waals surface area (Å²) in [6, 6.07) is 6.35. The first-order valence-electron chi connectivity index (χ1n) is 5.59. The molecule has 0 aliphatic rings. The third kappa shape index (κ3) is 3.24. The van der Waals surface area contributed by atoms with Crippen molar-refractivity contribution in [2.75, 3.05) is 7.11 Å². The molecule has 0 aliphatic carbocycles. The van der Waals surface area contributed by atoms with E-state index in [4.69, 9.17) is 10.5 Å². The van der Waals surface area contributed by atoms with E-state index >= 15 is 0 Å². The van der Waals surface area contributed by atoms with Crippen LogP contribution in [0.4, 0.5) is 0 Å². The number of methoxy groups -OCH3 is 1. The van der Waals surface area contributed by atoms with Gasteiger partial charge in [0, 0.05) is 6.04 Å². The van der Waals surface area contributed by atoms with Gasteiger partial charge in [-0.15, -0.1) is 0 Å². The van der Waals surface area contributed by atoms with Crippen LogP contribution in [0.3, 0.4) is 0 Å². The first-order chi connectivity index (χ1) is 7.19. The molecule has 1 atom stereocenters. The summed E-state index contributed by atoms with van der Waals surface area (Å²) in [4.78, 5) is 0. The van der Waals surface area contributed by atoms with Crippen molar-refractivity contribution in [2.45, 2.75) is 39.2 Å². The Kier molecular flexibility index (Phi) is 4.63. The normalized spacial score (nSPS) is 12.5. The van der Waals surface area contributed by atoms with Crippen molar-refractivity contribution >= 4 is 0 Å². The highest BCUT2D eigenvalue weighted by molar-refractivity contribution is 5.37. The van der Waals surface area contributed by atoms with Crippen molar-refractivity contribution in [3.05, 3.63) is 29.3 Å². The van der Waals surface area contributed by atoms with Gasteiger partial charge in [0.25, 0.3) is 0 Å². The van der Waals surface area contributed by atoms with E-state index in [1.54, 1.807) is 7.11 Å². The lowest BCUT2D eigenvalue weighted by molar-refractivity contribution is 0.410. The zero-order valence-electron chi connectivity index (χ0n) is 9.92. The first kappa shape index (κ1) is 12.1. The lowest BCUT2D eigenvalue weighted by Gasteiger charge is -2.13. The van der Waals surface area contributed by atoms with Crippen LogP contribution in [0.1, 0.15) is 43.4 Å². The fourth-order valence-corrected chi connectivity index (χ4v) is 1.66. The zero-order valence-corrected chi connectivity index (χ0v) is 9.92. The minimum atomic E-state index is 0.138. The summed E-state index contributed by atoms with van der Waals surface area (Å²) < 4.78 is 5.28. The predicted octanol–water partition coefficient (Wildman–Crippen LogP) is 3.19. The van der Waals surface area contributed by atoms with E-state index in [-0.39, 0.29) is 6.04 Å². The van der Waals surface area contributed by atoms with Gasteiger partial charge in [0.15, 0.2) is 0 Å². The molecule has 15 heavy (non-hydrogen) atoms. The van der Waals surface area contributed by atoms with Gasteiger partial charge in [0.05, 0.1) is 7.11 Å². The van der Waals surface area contributed by atoms with E-state index in [1.807, 2.05) is 6.92 Å². The minimum Gasteiger partial charge on any atom is -0.496 e. The smallest absolute Gasteiger partial charge is 0.122 e. The zero-order chi connectivity index (χ0) is 11.3. The maximum absolute atomic E-state index is 6.10. The summed E-state index contributed by atoms with van der Waals surface area (Å²) in [5, 5.41) is 0.